The Morgan fingerprint density at radius 1 is 0.946 bits per heavy atom. The highest BCUT2D eigenvalue weighted by atomic mass is 16.6. The molecule has 1 saturated carbocycles. The van der Waals surface area contributed by atoms with Crippen molar-refractivity contribution < 1.29 is 33.3 Å². The van der Waals surface area contributed by atoms with Crippen LogP contribution in [0.15, 0.2) is 30.3 Å². The zero-order valence-corrected chi connectivity index (χ0v) is 22.4. The number of carbonyl (C=O) groups excluding carboxylic acids is 2. The fraction of sp³-hybridized carbons (Fsp3) is 0.517. The topological polar surface area (TPSA) is 92.3 Å². The van der Waals surface area contributed by atoms with Crippen LogP contribution in [0.4, 0.5) is 0 Å². The van der Waals surface area contributed by atoms with E-state index in [0.717, 1.165) is 41.9 Å². The lowest BCUT2D eigenvalue weighted by atomic mass is 10.0. The van der Waals surface area contributed by atoms with E-state index in [2.05, 4.69) is 12.2 Å². The summed E-state index contributed by atoms with van der Waals surface area (Å²) in [6, 6.07) is 9.22. The first-order valence-electron chi connectivity index (χ1n) is 13.1. The predicted molar refractivity (Wildman–Crippen MR) is 141 cm³/mol. The average Bonchev–Trinajstić information content (AvgIpc) is 3.72. The second-order valence-corrected chi connectivity index (χ2v) is 8.98. The van der Waals surface area contributed by atoms with Crippen LogP contribution in [0.25, 0.3) is 0 Å². The number of benzene rings is 2. The van der Waals surface area contributed by atoms with Crippen LogP contribution in [0.2, 0.25) is 0 Å². The maximum absolute atomic E-state index is 12.3. The molecule has 0 atom stereocenters. The molecule has 0 heterocycles. The molecule has 3 rings (SSSR count). The number of hydrogen-bond acceptors (Lipinski definition) is 7. The number of hydrogen-bond donors (Lipinski definition) is 1. The molecule has 0 saturated heterocycles. The number of esters is 1. The van der Waals surface area contributed by atoms with E-state index in [1.165, 1.54) is 12.8 Å². The number of rotatable bonds is 16. The third-order valence-electron chi connectivity index (χ3n) is 6.13. The van der Waals surface area contributed by atoms with Crippen LogP contribution in [0, 0.1) is 5.92 Å². The van der Waals surface area contributed by atoms with Gasteiger partial charge in [-0.3, -0.25) is 4.79 Å². The van der Waals surface area contributed by atoms with Crippen LogP contribution in [0.5, 0.6) is 23.0 Å². The van der Waals surface area contributed by atoms with Crippen molar-refractivity contribution in [1.82, 2.24) is 5.32 Å². The van der Waals surface area contributed by atoms with Crippen LogP contribution in [0.3, 0.4) is 0 Å². The Bertz CT molecular complexity index is 1050. The monoisotopic (exact) mass is 513 g/mol. The van der Waals surface area contributed by atoms with Crippen molar-refractivity contribution in [2.75, 3.05) is 40.6 Å². The van der Waals surface area contributed by atoms with Crippen LogP contribution < -0.4 is 24.3 Å². The second kappa shape index (κ2) is 14.4. The van der Waals surface area contributed by atoms with E-state index in [1.807, 2.05) is 24.3 Å². The molecular formula is C29H39NO7. The molecule has 8 heteroatoms. The molecule has 0 radical (unpaired) electrons. The van der Waals surface area contributed by atoms with Gasteiger partial charge in [-0.1, -0.05) is 19.4 Å². The summed E-state index contributed by atoms with van der Waals surface area (Å²) in [6.45, 7) is 4.97. The molecule has 1 aliphatic carbocycles. The molecule has 0 spiro atoms. The first-order valence-corrected chi connectivity index (χ1v) is 13.1. The lowest BCUT2D eigenvalue weighted by molar-refractivity contribution is -0.145. The van der Waals surface area contributed by atoms with Crippen molar-refractivity contribution in [2.24, 2.45) is 5.92 Å². The van der Waals surface area contributed by atoms with E-state index >= 15 is 0 Å². The van der Waals surface area contributed by atoms with Gasteiger partial charge in [-0.2, -0.15) is 0 Å². The van der Waals surface area contributed by atoms with Crippen LogP contribution in [-0.2, 0) is 22.4 Å². The standard InChI is InChI=1S/C29H39NO7/c1-5-9-21-24(10-7-11-25(21)37-19-27(31)34-6-2)35-16-8-17-36-26-15-14-22(29(32)30-3)28(33-4)23(26)18-20-12-13-20/h7,10-11,14-15,20H,5-6,8-9,12-13,16-19H2,1-4H3,(H,30,32). The van der Waals surface area contributed by atoms with Crippen molar-refractivity contribution in [3.8, 4) is 23.0 Å². The molecule has 37 heavy (non-hydrogen) atoms. The number of ether oxygens (including phenoxy) is 5. The molecule has 202 valence electrons. The maximum Gasteiger partial charge on any atom is 0.344 e. The van der Waals surface area contributed by atoms with E-state index in [0.29, 0.717) is 49.2 Å². The van der Waals surface area contributed by atoms with Gasteiger partial charge in [0.25, 0.3) is 5.91 Å². The highest BCUT2D eigenvalue weighted by molar-refractivity contribution is 5.97. The Morgan fingerprint density at radius 2 is 1.62 bits per heavy atom. The number of amides is 1. The fourth-order valence-electron chi connectivity index (χ4n) is 4.17. The molecular weight excluding hydrogens is 474 g/mol. The molecule has 2 aromatic carbocycles. The van der Waals surface area contributed by atoms with Gasteiger partial charge in [-0.05, 0) is 62.8 Å². The Hall–Kier alpha value is -3.42. The average molecular weight is 514 g/mol. The molecule has 0 unspecified atom stereocenters. The number of carbonyl (C=O) groups is 2. The minimum absolute atomic E-state index is 0.132. The van der Waals surface area contributed by atoms with Crippen molar-refractivity contribution in [3.63, 3.8) is 0 Å². The molecule has 1 fully saturated rings. The first-order chi connectivity index (χ1) is 18.0. The van der Waals surface area contributed by atoms with E-state index in [-0.39, 0.29) is 12.5 Å². The lowest BCUT2D eigenvalue weighted by Crippen LogP contribution is -2.19. The van der Waals surface area contributed by atoms with Crippen molar-refractivity contribution in [1.29, 1.82) is 0 Å². The highest BCUT2D eigenvalue weighted by Crippen LogP contribution is 2.41. The van der Waals surface area contributed by atoms with Crippen molar-refractivity contribution in [2.45, 2.75) is 52.4 Å². The molecule has 0 bridgehead atoms. The summed E-state index contributed by atoms with van der Waals surface area (Å²) in [5, 5.41) is 2.68. The van der Waals surface area contributed by atoms with Gasteiger partial charge in [-0.15, -0.1) is 0 Å². The van der Waals surface area contributed by atoms with Crippen molar-refractivity contribution in [3.05, 3.63) is 47.0 Å². The van der Waals surface area contributed by atoms with E-state index in [9.17, 15) is 9.59 Å². The van der Waals surface area contributed by atoms with Gasteiger partial charge >= 0.3 is 5.97 Å². The summed E-state index contributed by atoms with van der Waals surface area (Å²) in [5.41, 5.74) is 2.41. The third kappa shape index (κ3) is 8.03. The summed E-state index contributed by atoms with van der Waals surface area (Å²) in [4.78, 5) is 24.0. The third-order valence-corrected chi connectivity index (χ3v) is 6.13. The van der Waals surface area contributed by atoms with Gasteiger partial charge in [0, 0.05) is 24.6 Å². The summed E-state index contributed by atoms with van der Waals surface area (Å²) in [7, 11) is 3.20. The fourth-order valence-corrected chi connectivity index (χ4v) is 4.17. The molecule has 2 aromatic rings. The zero-order valence-electron chi connectivity index (χ0n) is 22.4. The van der Waals surface area contributed by atoms with Gasteiger partial charge in [0.2, 0.25) is 0 Å². The van der Waals surface area contributed by atoms with Gasteiger partial charge in [0.05, 0.1) is 32.5 Å². The summed E-state index contributed by atoms with van der Waals surface area (Å²) in [5.74, 6) is 2.75. The Kier molecular flexibility index (Phi) is 10.9. The minimum Gasteiger partial charge on any atom is -0.495 e. The zero-order chi connectivity index (χ0) is 26.6. The minimum atomic E-state index is -0.394. The van der Waals surface area contributed by atoms with Gasteiger partial charge in [0.1, 0.15) is 23.0 Å². The number of nitrogens with one attached hydrogen (secondary N) is 1. The highest BCUT2D eigenvalue weighted by Gasteiger charge is 2.27. The second-order valence-electron chi connectivity index (χ2n) is 8.98. The van der Waals surface area contributed by atoms with Gasteiger partial charge in [-0.25, -0.2) is 4.79 Å². The first kappa shape index (κ1) is 28.2. The van der Waals surface area contributed by atoms with Crippen molar-refractivity contribution >= 4 is 11.9 Å². The van der Waals surface area contributed by atoms with E-state index < -0.39 is 5.97 Å². The summed E-state index contributed by atoms with van der Waals surface area (Å²) < 4.78 is 28.5. The van der Waals surface area contributed by atoms with Gasteiger partial charge < -0.3 is 29.0 Å². The molecule has 1 aliphatic rings. The summed E-state index contributed by atoms with van der Waals surface area (Å²) in [6.07, 6.45) is 5.55. The van der Waals surface area contributed by atoms with E-state index in [4.69, 9.17) is 23.7 Å². The Balaban J connectivity index is 1.61. The van der Waals surface area contributed by atoms with Crippen LogP contribution in [0.1, 0.15) is 61.0 Å². The normalized spacial score (nSPS) is 12.5. The largest absolute Gasteiger partial charge is 0.495 e. The van der Waals surface area contributed by atoms with Crippen LogP contribution in [-0.4, -0.2) is 52.5 Å². The molecule has 1 amide bonds. The maximum atomic E-state index is 12.3. The van der Waals surface area contributed by atoms with E-state index in [1.54, 1.807) is 27.1 Å². The lowest BCUT2D eigenvalue weighted by Gasteiger charge is -2.18. The Morgan fingerprint density at radius 3 is 2.22 bits per heavy atom. The predicted octanol–water partition coefficient (Wildman–Crippen LogP) is 4.75. The summed E-state index contributed by atoms with van der Waals surface area (Å²) >= 11 is 0. The number of methoxy groups -OCH3 is 1. The smallest absolute Gasteiger partial charge is 0.344 e. The molecule has 8 nitrogen and oxygen atoms in total. The quantitative estimate of drug-likeness (QED) is 0.256. The Labute approximate surface area is 219 Å². The SMILES string of the molecule is CCCc1c(OCCCOc2ccc(C(=O)NC)c(OC)c2CC2CC2)cccc1OCC(=O)OCC. The van der Waals surface area contributed by atoms with Crippen LogP contribution >= 0.6 is 0 Å². The molecule has 1 N–H and O–H groups in total. The molecule has 0 aliphatic heterocycles. The van der Waals surface area contributed by atoms with Gasteiger partial charge in [0.15, 0.2) is 6.61 Å². The molecule has 0 aromatic heterocycles.